The van der Waals surface area contributed by atoms with Gasteiger partial charge in [0.05, 0.1) is 29.0 Å². The summed E-state index contributed by atoms with van der Waals surface area (Å²) in [6.45, 7) is 3.36. The summed E-state index contributed by atoms with van der Waals surface area (Å²) in [5.41, 5.74) is 8.62. The average Bonchev–Trinajstić information content (AvgIpc) is 3.25. The Morgan fingerprint density at radius 2 is 2.00 bits per heavy atom. The molecule has 4 heterocycles. The minimum absolute atomic E-state index is 0.0333. The number of nitrogens with zero attached hydrogens (tertiary/aromatic N) is 2. The highest BCUT2D eigenvalue weighted by Crippen LogP contribution is 2.43. The van der Waals surface area contributed by atoms with Gasteiger partial charge in [0, 0.05) is 29.1 Å². The SMILES string of the molecule is CC[C@@]1(O)C(=O)OCc2c1cc1n(c2=O)Cc2c-1nc1cc(F)c(C)c(-c3cccc(O)c3)c1c2CN. The van der Waals surface area contributed by atoms with E-state index in [-0.39, 0.29) is 48.6 Å². The largest absolute Gasteiger partial charge is 0.508 e. The Balaban J connectivity index is 1.69. The van der Waals surface area contributed by atoms with Crippen molar-refractivity contribution in [3.63, 3.8) is 0 Å². The smallest absolute Gasteiger partial charge is 0.343 e. The molecule has 1 atom stereocenters. The molecular formula is C28H24FN3O5. The maximum atomic E-state index is 15.2. The van der Waals surface area contributed by atoms with E-state index in [2.05, 4.69) is 0 Å². The predicted octanol–water partition coefficient (Wildman–Crippen LogP) is 3.36. The van der Waals surface area contributed by atoms with Gasteiger partial charge in [-0.1, -0.05) is 19.1 Å². The Morgan fingerprint density at radius 1 is 1.22 bits per heavy atom. The van der Waals surface area contributed by atoms with E-state index in [1.165, 1.54) is 16.7 Å². The zero-order chi connectivity index (χ0) is 26.2. The number of esters is 1. The lowest BCUT2D eigenvalue weighted by Gasteiger charge is -2.31. The molecule has 0 bridgehead atoms. The fourth-order valence-corrected chi connectivity index (χ4v) is 5.65. The lowest BCUT2D eigenvalue weighted by molar-refractivity contribution is -0.172. The molecule has 4 N–H and O–H groups in total. The van der Waals surface area contributed by atoms with Crippen molar-refractivity contribution in [1.82, 2.24) is 9.55 Å². The first-order chi connectivity index (χ1) is 17.7. The summed E-state index contributed by atoms with van der Waals surface area (Å²) in [5, 5.41) is 21.8. The molecule has 2 aliphatic rings. The lowest BCUT2D eigenvalue weighted by atomic mass is 9.86. The Kier molecular flexibility index (Phi) is 5.02. The van der Waals surface area contributed by atoms with Crippen molar-refractivity contribution in [3.05, 3.63) is 80.4 Å². The van der Waals surface area contributed by atoms with Gasteiger partial charge in [-0.15, -0.1) is 0 Å². The molecule has 37 heavy (non-hydrogen) atoms. The third kappa shape index (κ3) is 3.11. The quantitative estimate of drug-likeness (QED) is 0.324. The van der Waals surface area contributed by atoms with E-state index < -0.39 is 17.4 Å². The predicted molar refractivity (Wildman–Crippen MR) is 134 cm³/mol. The molecule has 0 spiro atoms. The van der Waals surface area contributed by atoms with Crippen molar-refractivity contribution < 1.29 is 24.1 Å². The molecular weight excluding hydrogens is 477 g/mol. The molecule has 0 fully saturated rings. The number of carbonyl (C=O) groups is 1. The number of aliphatic hydroxyl groups is 1. The van der Waals surface area contributed by atoms with E-state index in [1.54, 1.807) is 38.1 Å². The topological polar surface area (TPSA) is 128 Å². The Bertz CT molecular complexity index is 1730. The number of pyridine rings is 2. The van der Waals surface area contributed by atoms with Crippen molar-refractivity contribution in [2.45, 2.75) is 45.6 Å². The Hall–Kier alpha value is -4.08. The summed E-state index contributed by atoms with van der Waals surface area (Å²) in [5.74, 6) is -1.22. The van der Waals surface area contributed by atoms with Crippen molar-refractivity contribution in [1.29, 1.82) is 0 Å². The van der Waals surface area contributed by atoms with Crippen LogP contribution in [0.2, 0.25) is 0 Å². The number of aromatic hydroxyl groups is 1. The summed E-state index contributed by atoms with van der Waals surface area (Å²) in [4.78, 5) is 30.7. The van der Waals surface area contributed by atoms with Crippen LogP contribution in [0.3, 0.4) is 0 Å². The zero-order valence-electron chi connectivity index (χ0n) is 20.3. The van der Waals surface area contributed by atoms with Gasteiger partial charge in [-0.05, 0) is 53.8 Å². The maximum absolute atomic E-state index is 15.2. The number of cyclic esters (lactones) is 1. The van der Waals surface area contributed by atoms with E-state index in [0.717, 1.165) is 0 Å². The molecule has 2 aliphatic heterocycles. The maximum Gasteiger partial charge on any atom is 0.343 e. The normalized spacial score (nSPS) is 17.9. The van der Waals surface area contributed by atoms with Gasteiger partial charge < -0.3 is 25.3 Å². The molecule has 0 amide bonds. The van der Waals surface area contributed by atoms with Crippen molar-refractivity contribution in [2.24, 2.45) is 5.73 Å². The molecule has 8 nitrogen and oxygen atoms in total. The Labute approximate surface area is 210 Å². The van der Waals surface area contributed by atoms with E-state index in [1.807, 2.05) is 0 Å². The summed E-state index contributed by atoms with van der Waals surface area (Å²) in [7, 11) is 0. The summed E-state index contributed by atoms with van der Waals surface area (Å²) >= 11 is 0. The first-order valence-electron chi connectivity index (χ1n) is 12.0. The number of phenolic OH excluding ortho intramolecular Hbond substituents is 1. The minimum atomic E-state index is -1.94. The molecule has 0 aliphatic carbocycles. The average molecular weight is 502 g/mol. The van der Waals surface area contributed by atoms with Gasteiger partial charge in [0.25, 0.3) is 5.56 Å². The van der Waals surface area contributed by atoms with Crippen LogP contribution in [0.4, 0.5) is 4.39 Å². The standard InChI is InChI=1S/C28H24FN3O5/c1-3-28(36)19-8-22-25-17(11-32(22)26(34)18(19)12-37-27(28)35)16(10-30)24-21(31-25)9-20(29)13(2)23(24)14-5-4-6-15(33)7-14/h4-9,33,36H,3,10-12,30H2,1-2H3/t28-/m0/s1. The summed E-state index contributed by atoms with van der Waals surface area (Å²) in [6.07, 6.45) is 0.0333. The van der Waals surface area contributed by atoms with E-state index >= 15 is 4.39 Å². The highest BCUT2D eigenvalue weighted by Gasteiger charge is 2.45. The molecule has 6 rings (SSSR count). The monoisotopic (exact) mass is 501 g/mol. The first kappa shape index (κ1) is 23.3. The van der Waals surface area contributed by atoms with Crippen LogP contribution in [0.1, 0.15) is 41.2 Å². The van der Waals surface area contributed by atoms with Crippen molar-refractivity contribution >= 4 is 16.9 Å². The van der Waals surface area contributed by atoms with Crippen molar-refractivity contribution in [3.8, 4) is 28.3 Å². The Morgan fingerprint density at radius 3 is 2.70 bits per heavy atom. The van der Waals surface area contributed by atoms with E-state index in [9.17, 15) is 19.8 Å². The summed E-state index contributed by atoms with van der Waals surface area (Å²) < 4.78 is 21.9. The van der Waals surface area contributed by atoms with Crippen molar-refractivity contribution in [2.75, 3.05) is 0 Å². The van der Waals surface area contributed by atoms with Crippen LogP contribution in [-0.4, -0.2) is 25.7 Å². The van der Waals surface area contributed by atoms with Crippen LogP contribution in [0.5, 0.6) is 5.75 Å². The van der Waals surface area contributed by atoms with Gasteiger partial charge in [0.2, 0.25) is 0 Å². The number of benzene rings is 2. The molecule has 9 heteroatoms. The summed E-state index contributed by atoms with van der Waals surface area (Å²) in [6, 6.07) is 9.52. The van der Waals surface area contributed by atoms with Crippen LogP contribution in [0.15, 0.2) is 41.2 Å². The number of halogens is 1. The van der Waals surface area contributed by atoms with Gasteiger partial charge >= 0.3 is 5.97 Å². The molecule has 0 saturated heterocycles. The number of fused-ring (bicyclic) bond motifs is 5. The van der Waals surface area contributed by atoms with Gasteiger partial charge in [-0.25, -0.2) is 14.2 Å². The number of nitrogens with two attached hydrogens (primary N) is 1. The molecule has 188 valence electrons. The van der Waals surface area contributed by atoms with Crippen LogP contribution in [0, 0.1) is 12.7 Å². The third-order valence-electron chi connectivity index (χ3n) is 7.63. The second-order valence-corrected chi connectivity index (χ2v) is 9.53. The molecule has 0 saturated carbocycles. The van der Waals surface area contributed by atoms with Gasteiger partial charge in [0.1, 0.15) is 18.2 Å². The number of aromatic nitrogens is 2. The molecule has 0 unspecified atom stereocenters. The second kappa shape index (κ2) is 7.96. The number of rotatable bonds is 3. The van der Waals surface area contributed by atoms with Crippen LogP contribution < -0.4 is 11.3 Å². The fraction of sp³-hybridized carbons (Fsp3) is 0.250. The van der Waals surface area contributed by atoms with Crippen LogP contribution >= 0.6 is 0 Å². The number of phenols is 1. The fourth-order valence-electron chi connectivity index (χ4n) is 5.65. The second-order valence-electron chi connectivity index (χ2n) is 9.53. The van der Waals surface area contributed by atoms with Gasteiger partial charge in [-0.3, -0.25) is 4.79 Å². The number of hydrogen-bond acceptors (Lipinski definition) is 7. The van der Waals surface area contributed by atoms with Gasteiger partial charge in [0.15, 0.2) is 5.60 Å². The van der Waals surface area contributed by atoms with Crippen LogP contribution in [-0.2, 0) is 34.8 Å². The highest BCUT2D eigenvalue weighted by atomic mass is 19.1. The molecule has 2 aromatic heterocycles. The first-order valence-corrected chi connectivity index (χ1v) is 12.0. The molecule has 4 aromatic rings. The minimum Gasteiger partial charge on any atom is -0.508 e. The van der Waals surface area contributed by atoms with Gasteiger partial charge in [-0.2, -0.15) is 0 Å². The molecule has 0 radical (unpaired) electrons. The zero-order valence-corrected chi connectivity index (χ0v) is 20.3. The third-order valence-corrected chi connectivity index (χ3v) is 7.63. The number of carbonyl (C=O) groups excluding carboxylic acids is 1. The molecule has 2 aromatic carbocycles. The van der Waals surface area contributed by atoms with E-state index in [0.29, 0.717) is 50.1 Å². The highest BCUT2D eigenvalue weighted by molar-refractivity contribution is 6.01. The number of hydrogen-bond donors (Lipinski definition) is 3. The lowest BCUT2D eigenvalue weighted by Crippen LogP contribution is -2.44. The number of ether oxygens (including phenoxy) is 1. The van der Waals surface area contributed by atoms with E-state index in [4.69, 9.17) is 15.5 Å². The van der Waals surface area contributed by atoms with Crippen LogP contribution in [0.25, 0.3) is 33.4 Å².